The average molecular weight is 196 g/mol. The van der Waals surface area contributed by atoms with Crippen molar-refractivity contribution in [2.24, 2.45) is 10.8 Å². The van der Waals surface area contributed by atoms with Gasteiger partial charge in [0.1, 0.15) is 0 Å². The van der Waals surface area contributed by atoms with E-state index in [0.29, 0.717) is 10.8 Å². The number of rotatable bonds is 1. The molecule has 0 radical (unpaired) electrons. The van der Waals surface area contributed by atoms with Gasteiger partial charge in [-0.1, -0.05) is 6.92 Å². The van der Waals surface area contributed by atoms with Crippen LogP contribution in [0.4, 0.5) is 0 Å². The Hall–Kier alpha value is -0.120. The zero-order chi connectivity index (χ0) is 9.65. The van der Waals surface area contributed by atoms with Gasteiger partial charge in [0.25, 0.3) is 0 Å². The van der Waals surface area contributed by atoms with E-state index in [2.05, 4.69) is 17.6 Å². The van der Waals surface area contributed by atoms with Crippen molar-refractivity contribution in [3.63, 3.8) is 0 Å². The van der Waals surface area contributed by atoms with Gasteiger partial charge in [-0.3, -0.25) is 0 Å². The van der Waals surface area contributed by atoms with E-state index in [1.54, 1.807) is 0 Å². The Balaban J connectivity index is 1.74. The normalized spacial score (nSPS) is 38.8. The molecule has 0 aliphatic carbocycles. The average Bonchev–Trinajstić information content (AvgIpc) is 1.99. The van der Waals surface area contributed by atoms with E-state index in [0.717, 1.165) is 19.3 Å². The molecule has 0 amide bonds. The van der Waals surface area contributed by atoms with Crippen LogP contribution in [0.15, 0.2) is 0 Å². The molecule has 3 nitrogen and oxygen atoms in total. The molecule has 1 spiro atoms. The molecule has 3 aliphatic heterocycles. The summed E-state index contributed by atoms with van der Waals surface area (Å²) in [5, 5.41) is 7.07. The van der Waals surface area contributed by atoms with Crippen molar-refractivity contribution in [2.75, 3.05) is 32.8 Å². The molecule has 1 unspecified atom stereocenters. The molecule has 0 aromatic carbocycles. The summed E-state index contributed by atoms with van der Waals surface area (Å²) in [4.78, 5) is 0. The Labute approximate surface area is 85.6 Å². The zero-order valence-corrected chi connectivity index (χ0v) is 8.94. The predicted molar refractivity (Wildman–Crippen MR) is 55.3 cm³/mol. The number of hydrogen-bond acceptors (Lipinski definition) is 3. The fourth-order valence-electron chi connectivity index (χ4n) is 3.38. The van der Waals surface area contributed by atoms with Crippen LogP contribution in [0.25, 0.3) is 0 Å². The van der Waals surface area contributed by atoms with Crippen LogP contribution in [0.5, 0.6) is 0 Å². The first-order valence-corrected chi connectivity index (χ1v) is 5.77. The van der Waals surface area contributed by atoms with Crippen molar-refractivity contribution >= 4 is 0 Å². The van der Waals surface area contributed by atoms with Crippen molar-refractivity contribution in [3.05, 3.63) is 0 Å². The van der Waals surface area contributed by atoms with Gasteiger partial charge in [-0.2, -0.15) is 0 Å². The number of nitrogens with one attached hydrogen (secondary N) is 2. The maximum Gasteiger partial charge on any atom is 0.0471 e. The first-order chi connectivity index (χ1) is 6.75. The lowest BCUT2D eigenvalue weighted by molar-refractivity contribution is -0.0915. The molecule has 3 fully saturated rings. The second-order valence-corrected chi connectivity index (χ2v) is 5.55. The zero-order valence-electron chi connectivity index (χ0n) is 8.94. The second-order valence-electron chi connectivity index (χ2n) is 5.55. The Morgan fingerprint density at radius 3 is 2.29 bits per heavy atom. The molecule has 3 saturated heterocycles. The monoisotopic (exact) mass is 196 g/mol. The van der Waals surface area contributed by atoms with Crippen LogP contribution < -0.4 is 10.6 Å². The smallest absolute Gasteiger partial charge is 0.0471 e. The minimum atomic E-state index is 0.485. The van der Waals surface area contributed by atoms with Gasteiger partial charge >= 0.3 is 0 Å². The summed E-state index contributed by atoms with van der Waals surface area (Å²) < 4.78 is 5.46. The van der Waals surface area contributed by atoms with Crippen LogP contribution >= 0.6 is 0 Å². The molecule has 2 N–H and O–H groups in total. The third-order valence-corrected chi connectivity index (χ3v) is 4.56. The van der Waals surface area contributed by atoms with Gasteiger partial charge in [-0.25, -0.2) is 0 Å². The highest BCUT2D eigenvalue weighted by atomic mass is 16.5. The minimum Gasteiger partial charge on any atom is -0.381 e. The topological polar surface area (TPSA) is 33.3 Å². The Bertz CT molecular complexity index is 226. The van der Waals surface area contributed by atoms with Gasteiger partial charge in [0.05, 0.1) is 0 Å². The van der Waals surface area contributed by atoms with Crippen LogP contribution in [0.2, 0.25) is 0 Å². The molecule has 0 aromatic heterocycles. The molecule has 0 saturated carbocycles. The van der Waals surface area contributed by atoms with Gasteiger partial charge in [0.2, 0.25) is 0 Å². The summed E-state index contributed by atoms with van der Waals surface area (Å²) in [6.45, 7) is 8.02. The predicted octanol–water partition coefficient (Wildman–Crippen LogP) is 0.364. The van der Waals surface area contributed by atoms with Crippen molar-refractivity contribution in [3.8, 4) is 0 Å². The van der Waals surface area contributed by atoms with Crippen LogP contribution in [-0.4, -0.2) is 38.9 Å². The van der Waals surface area contributed by atoms with Crippen LogP contribution in [0.1, 0.15) is 19.8 Å². The van der Waals surface area contributed by atoms with Crippen LogP contribution in [0, 0.1) is 10.8 Å². The highest BCUT2D eigenvalue weighted by Crippen LogP contribution is 2.47. The number of hydrogen-bond donors (Lipinski definition) is 2. The summed E-state index contributed by atoms with van der Waals surface area (Å²) in [6, 6.07) is 0.736. The standard InChI is InChI=1S/C11H20N2O/c1-10(2-4-14-5-3-10)9-11(8-13-9)6-12-7-11/h9,12-13H,2-8H2,1H3. The van der Waals surface area contributed by atoms with E-state index in [-0.39, 0.29) is 0 Å². The van der Waals surface area contributed by atoms with E-state index in [1.807, 2.05) is 0 Å². The molecule has 0 aromatic rings. The molecule has 3 rings (SSSR count). The molecule has 3 heteroatoms. The summed E-state index contributed by atoms with van der Waals surface area (Å²) in [7, 11) is 0. The van der Waals surface area contributed by atoms with Gasteiger partial charge in [0, 0.05) is 44.3 Å². The van der Waals surface area contributed by atoms with E-state index < -0.39 is 0 Å². The minimum absolute atomic E-state index is 0.485. The fourth-order valence-corrected chi connectivity index (χ4v) is 3.38. The lowest BCUT2D eigenvalue weighted by Crippen LogP contribution is -2.79. The largest absolute Gasteiger partial charge is 0.381 e. The Kier molecular flexibility index (Phi) is 1.92. The molecule has 3 aliphatic rings. The maximum atomic E-state index is 5.46. The van der Waals surface area contributed by atoms with E-state index in [1.165, 1.54) is 32.5 Å². The molecule has 0 bridgehead atoms. The van der Waals surface area contributed by atoms with Crippen molar-refractivity contribution in [1.82, 2.24) is 10.6 Å². The maximum absolute atomic E-state index is 5.46. The summed E-state index contributed by atoms with van der Waals surface area (Å²) in [5.74, 6) is 0. The summed E-state index contributed by atoms with van der Waals surface area (Å²) in [6.07, 6.45) is 2.46. The number of ether oxygens (including phenoxy) is 1. The van der Waals surface area contributed by atoms with Crippen LogP contribution in [0.3, 0.4) is 0 Å². The van der Waals surface area contributed by atoms with Crippen LogP contribution in [-0.2, 0) is 4.74 Å². The van der Waals surface area contributed by atoms with Gasteiger partial charge in [-0.05, 0) is 18.3 Å². The molecule has 3 heterocycles. The lowest BCUT2D eigenvalue weighted by Gasteiger charge is -2.63. The lowest BCUT2D eigenvalue weighted by atomic mass is 9.57. The van der Waals surface area contributed by atoms with E-state index in [9.17, 15) is 0 Å². The third kappa shape index (κ3) is 1.09. The quantitative estimate of drug-likeness (QED) is 0.635. The Morgan fingerprint density at radius 1 is 1.14 bits per heavy atom. The SMILES string of the molecule is CC1(C2NCC23CNC3)CCOCC1. The molecular weight excluding hydrogens is 176 g/mol. The fraction of sp³-hybridized carbons (Fsp3) is 1.00. The highest BCUT2D eigenvalue weighted by molar-refractivity contribution is 5.15. The van der Waals surface area contributed by atoms with E-state index in [4.69, 9.17) is 4.74 Å². The molecule has 80 valence electrons. The summed E-state index contributed by atoms with van der Waals surface area (Å²) >= 11 is 0. The van der Waals surface area contributed by atoms with Crippen molar-refractivity contribution < 1.29 is 4.74 Å². The summed E-state index contributed by atoms with van der Waals surface area (Å²) in [5.41, 5.74) is 1.09. The highest BCUT2D eigenvalue weighted by Gasteiger charge is 2.57. The second kappa shape index (κ2) is 2.94. The van der Waals surface area contributed by atoms with E-state index >= 15 is 0 Å². The molecular formula is C11H20N2O. The molecule has 1 atom stereocenters. The first kappa shape index (κ1) is 9.13. The van der Waals surface area contributed by atoms with Crippen molar-refractivity contribution in [1.29, 1.82) is 0 Å². The third-order valence-electron chi connectivity index (χ3n) is 4.56. The van der Waals surface area contributed by atoms with Gasteiger partial charge in [-0.15, -0.1) is 0 Å². The van der Waals surface area contributed by atoms with Gasteiger partial charge in [0.15, 0.2) is 0 Å². The van der Waals surface area contributed by atoms with Gasteiger partial charge < -0.3 is 15.4 Å². The molecule has 14 heavy (non-hydrogen) atoms. The van der Waals surface area contributed by atoms with Crippen molar-refractivity contribution in [2.45, 2.75) is 25.8 Å². The Morgan fingerprint density at radius 2 is 1.86 bits per heavy atom. The first-order valence-electron chi connectivity index (χ1n) is 5.77.